The first kappa shape index (κ1) is 22.7. The Balaban J connectivity index is 1.33. The van der Waals surface area contributed by atoms with Gasteiger partial charge in [-0.3, -0.25) is 14.5 Å². The van der Waals surface area contributed by atoms with Crippen molar-refractivity contribution in [3.8, 4) is 5.75 Å². The van der Waals surface area contributed by atoms with Gasteiger partial charge in [0.2, 0.25) is 11.8 Å². The van der Waals surface area contributed by atoms with Gasteiger partial charge in [-0.2, -0.15) is 0 Å². The number of hydrogen-bond donors (Lipinski definition) is 2. The van der Waals surface area contributed by atoms with Gasteiger partial charge in [-0.1, -0.05) is 17.7 Å². The molecule has 0 saturated carbocycles. The lowest BCUT2D eigenvalue weighted by Crippen LogP contribution is -2.43. The number of carbonyl (C=O) groups is 2. The molecule has 1 saturated heterocycles. The number of nitrogens with zero attached hydrogens (tertiary/aromatic N) is 1. The summed E-state index contributed by atoms with van der Waals surface area (Å²) in [5, 5.41) is 5.87. The fourth-order valence-electron chi connectivity index (χ4n) is 3.72. The molecule has 166 valence electrons. The van der Waals surface area contributed by atoms with Crippen molar-refractivity contribution < 1.29 is 18.7 Å². The lowest BCUT2D eigenvalue weighted by atomic mass is 9.96. The molecule has 2 N–H and O–H groups in total. The molecule has 2 aromatic carbocycles. The van der Waals surface area contributed by atoms with Crippen molar-refractivity contribution in [1.82, 2.24) is 10.2 Å². The zero-order valence-electron chi connectivity index (χ0n) is 18.1. The van der Waals surface area contributed by atoms with Crippen LogP contribution in [-0.4, -0.2) is 49.5 Å². The molecule has 1 aliphatic rings. The van der Waals surface area contributed by atoms with E-state index in [1.54, 1.807) is 12.1 Å². The van der Waals surface area contributed by atoms with E-state index >= 15 is 0 Å². The van der Waals surface area contributed by atoms with Crippen LogP contribution in [0.2, 0.25) is 0 Å². The van der Waals surface area contributed by atoms with E-state index in [0.29, 0.717) is 38.5 Å². The van der Waals surface area contributed by atoms with Crippen LogP contribution in [0.1, 0.15) is 24.0 Å². The van der Waals surface area contributed by atoms with Crippen LogP contribution in [0.5, 0.6) is 5.75 Å². The lowest BCUT2D eigenvalue weighted by Gasteiger charge is -2.30. The van der Waals surface area contributed by atoms with Crippen molar-refractivity contribution in [1.29, 1.82) is 0 Å². The lowest BCUT2D eigenvalue weighted by molar-refractivity contribution is -0.126. The highest BCUT2D eigenvalue weighted by Crippen LogP contribution is 2.19. The first-order valence-electron chi connectivity index (χ1n) is 10.7. The summed E-state index contributed by atoms with van der Waals surface area (Å²) >= 11 is 0. The Morgan fingerprint density at radius 2 is 1.81 bits per heavy atom. The molecule has 31 heavy (non-hydrogen) atoms. The molecule has 0 aromatic heterocycles. The number of rotatable bonds is 8. The summed E-state index contributed by atoms with van der Waals surface area (Å²) in [6.07, 6.45) is 1.45. The highest BCUT2D eigenvalue weighted by atomic mass is 19.1. The normalized spacial score (nSPS) is 14.8. The average molecular weight is 428 g/mol. The second kappa shape index (κ2) is 10.9. The third-order valence-corrected chi connectivity index (χ3v) is 5.47. The van der Waals surface area contributed by atoms with Gasteiger partial charge in [0.05, 0.1) is 13.1 Å². The van der Waals surface area contributed by atoms with Gasteiger partial charge in [-0.05, 0) is 75.7 Å². The SMILES string of the molecule is Cc1ccc(NC(=O)CN2CCC(C(=O)NCCOc3ccc(F)cc3)CC2)c(C)c1. The van der Waals surface area contributed by atoms with Gasteiger partial charge in [0, 0.05) is 11.6 Å². The number of carbonyl (C=O) groups excluding carboxylic acids is 2. The van der Waals surface area contributed by atoms with Gasteiger partial charge in [0.25, 0.3) is 0 Å². The molecular formula is C24H30FN3O3. The second-order valence-corrected chi connectivity index (χ2v) is 8.01. The molecule has 0 atom stereocenters. The van der Waals surface area contributed by atoms with Crippen LogP contribution in [0, 0.1) is 25.6 Å². The van der Waals surface area contributed by atoms with Gasteiger partial charge >= 0.3 is 0 Å². The maximum atomic E-state index is 12.9. The summed E-state index contributed by atoms with van der Waals surface area (Å²) in [6.45, 7) is 6.49. The number of anilines is 1. The summed E-state index contributed by atoms with van der Waals surface area (Å²) in [7, 11) is 0. The molecule has 0 aliphatic carbocycles. The van der Waals surface area contributed by atoms with E-state index in [0.717, 1.165) is 29.7 Å². The van der Waals surface area contributed by atoms with E-state index in [1.165, 1.54) is 12.1 Å². The molecule has 0 unspecified atom stereocenters. The minimum atomic E-state index is -0.310. The van der Waals surface area contributed by atoms with Gasteiger partial charge in [0.1, 0.15) is 18.2 Å². The summed E-state index contributed by atoms with van der Waals surface area (Å²) in [6, 6.07) is 11.8. The molecule has 3 rings (SSSR count). The monoisotopic (exact) mass is 427 g/mol. The van der Waals surface area contributed by atoms with Gasteiger partial charge in [-0.25, -0.2) is 4.39 Å². The van der Waals surface area contributed by atoms with Crippen molar-refractivity contribution in [2.75, 3.05) is 38.1 Å². The maximum Gasteiger partial charge on any atom is 0.238 e. The van der Waals surface area contributed by atoms with Crippen molar-refractivity contribution >= 4 is 17.5 Å². The smallest absolute Gasteiger partial charge is 0.238 e. The highest BCUT2D eigenvalue weighted by Gasteiger charge is 2.25. The van der Waals surface area contributed by atoms with Crippen LogP contribution in [0.3, 0.4) is 0 Å². The zero-order chi connectivity index (χ0) is 22.2. The first-order chi connectivity index (χ1) is 14.9. The number of likely N-dealkylation sites (tertiary alicyclic amines) is 1. The van der Waals surface area contributed by atoms with Crippen LogP contribution in [0.25, 0.3) is 0 Å². The largest absolute Gasteiger partial charge is 0.492 e. The van der Waals surface area contributed by atoms with Gasteiger partial charge in [0.15, 0.2) is 0 Å². The van der Waals surface area contributed by atoms with Gasteiger partial charge in [-0.15, -0.1) is 0 Å². The minimum Gasteiger partial charge on any atom is -0.492 e. The fourth-order valence-corrected chi connectivity index (χ4v) is 3.72. The third-order valence-electron chi connectivity index (χ3n) is 5.47. The molecule has 7 heteroatoms. The standard InChI is InChI=1S/C24H30FN3O3/c1-17-3-8-22(18(2)15-17)27-23(29)16-28-12-9-19(10-13-28)24(30)26-11-14-31-21-6-4-20(25)5-7-21/h3-8,15,19H,9-14,16H2,1-2H3,(H,26,30)(H,27,29). The second-order valence-electron chi connectivity index (χ2n) is 8.01. The van der Waals surface area contributed by atoms with Crippen molar-refractivity contribution in [3.63, 3.8) is 0 Å². The van der Waals surface area contributed by atoms with Crippen molar-refractivity contribution in [2.45, 2.75) is 26.7 Å². The Morgan fingerprint density at radius 3 is 2.48 bits per heavy atom. The number of nitrogens with one attached hydrogen (secondary N) is 2. The predicted molar refractivity (Wildman–Crippen MR) is 119 cm³/mol. The van der Waals surface area contributed by atoms with Crippen LogP contribution >= 0.6 is 0 Å². The third kappa shape index (κ3) is 7.07. The van der Waals surface area contributed by atoms with Crippen LogP contribution in [0.4, 0.5) is 10.1 Å². The molecular weight excluding hydrogens is 397 g/mol. The number of aryl methyl sites for hydroxylation is 2. The molecule has 0 bridgehead atoms. The van der Waals surface area contributed by atoms with E-state index in [9.17, 15) is 14.0 Å². The summed E-state index contributed by atoms with van der Waals surface area (Å²) in [5.74, 6) is 0.192. The molecule has 0 radical (unpaired) electrons. The number of halogens is 1. The van der Waals surface area contributed by atoms with Gasteiger partial charge < -0.3 is 15.4 Å². The van der Waals surface area contributed by atoms with Crippen LogP contribution in [0.15, 0.2) is 42.5 Å². The highest BCUT2D eigenvalue weighted by molar-refractivity contribution is 5.93. The summed E-state index contributed by atoms with van der Waals surface area (Å²) in [5.41, 5.74) is 3.05. The van der Waals surface area contributed by atoms with Crippen LogP contribution in [-0.2, 0) is 9.59 Å². The summed E-state index contributed by atoms with van der Waals surface area (Å²) in [4.78, 5) is 26.8. The fraction of sp³-hybridized carbons (Fsp3) is 0.417. The zero-order valence-corrected chi connectivity index (χ0v) is 18.1. The number of piperidine rings is 1. The minimum absolute atomic E-state index is 0.0158. The first-order valence-corrected chi connectivity index (χ1v) is 10.7. The Hall–Kier alpha value is -2.93. The number of amides is 2. The van der Waals surface area contributed by atoms with Crippen molar-refractivity contribution in [3.05, 3.63) is 59.4 Å². The number of ether oxygens (including phenoxy) is 1. The molecule has 1 aliphatic heterocycles. The average Bonchev–Trinajstić information content (AvgIpc) is 2.75. The van der Waals surface area contributed by atoms with Crippen molar-refractivity contribution in [2.24, 2.45) is 5.92 Å². The molecule has 0 spiro atoms. The molecule has 1 fully saturated rings. The van der Waals surface area contributed by atoms with E-state index in [1.807, 2.05) is 32.0 Å². The number of hydrogen-bond acceptors (Lipinski definition) is 4. The molecule has 2 amide bonds. The molecule has 1 heterocycles. The van der Waals surface area contributed by atoms with E-state index in [2.05, 4.69) is 15.5 Å². The maximum absolute atomic E-state index is 12.9. The topological polar surface area (TPSA) is 70.7 Å². The van der Waals surface area contributed by atoms with E-state index < -0.39 is 0 Å². The predicted octanol–water partition coefficient (Wildman–Crippen LogP) is 3.29. The molecule has 6 nitrogen and oxygen atoms in total. The Kier molecular flexibility index (Phi) is 8.00. The Bertz CT molecular complexity index is 893. The Morgan fingerprint density at radius 1 is 1.10 bits per heavy atom. The summed E-state index contributed by atoms with van der Waals surface area (Å²) < 4.78 is 18.4. The Labute approximate surface area is 182 Å². The quantitative estimate of drug-likeness (QED) is 0.635. The number of benzene rings is 2. The molecule has 2 aromatic rings. The van der Waals surface area contributed by atoms with Crippen LogP contribution < -0.4 is 15.4 Å². The van der Waals surface area contributed by atoms with E-state index in [4.69, 9.17) is 4.74 Å². The van der Waals surface area contributed by atoms with E-state index in [-0.39, 0.29) is 23.5 Å².